The molecule has 2 aromatic carbocycles. The van der Waals surface area contributed by atoms with Gasteiger partial charge in [0.1, 0.15) is 0 Å². The second kappa shape index (κ2) is 9.41. The highest BCUT2D eigenvalue weighted by Crippen LogP contribution is 2.22. The van der Waals surface area contributed by atoms with Crippen molar-refractivity contribution in [3.05, 3.63) is 59.7 Å². The molecule has 0 atom stereocenters. The van der Waals surface area contributed by atoms with Crippen LogP contribution in [0.25, 0.3) is 0 Å². The van der Waals surface area contributed by atoms with E-state index in [1.807, 2.05) is 24.3 Å². The molecule has 0 aliphatic carbocycles. The van der Waals surface area contributed by atoms with Crippen molar-refractivity contribution in [3.63, 3.8) is 0 Å². The van der Waals surface area contributed by atoms with Crippen LogP contribution in [0, 0.1) is 0 Å². The summed E-state index contributed by atoms with van der Waals surface area (Å²) in [6.07, 6.45) is 1.58. The van der Waals surface area contributed by atoms with E-state index in [0.29, 0.717) is 29.2 Å². The van der Waals surface area contributed by atoms with Crippen molar-refractivity contribution >= 4 is 40.9 Å². The summed E-state index contributed by atoms with van der Waals surface area (Å²) in [5.41, 5.74) is 3.06. The number of thioether (sulfide) groups is 1. The third-order valence-electron chi connectivity index (χ3n) is 4.43. The second-order valence-corrected chi connectivity index (χ2v) is 7.65. The van der Waals surface area contributed by atoms with E-state index in [2.05, 4.69) is 5.32 Å². The first kappa shape index (κ1) is 19.9. The number of nitrogens with one attached hydrogen (secondary N) is 1. The van der Waals surface area contributed by atoms with Gasteiger partial charge in [-0.25, -0.2) is 0 Å². The van der Waals surface area contributed by atoms with Crippen molar-refractivity contribution in [2.24, 2.45) is 0 Å². The van der Waals surface area contributed by atoms with Crippen molar-refractivity contribution in [3.8, 4) is 0 Å². The van der Waals surface area contributed by atoms with Crippen LogP contribution in [-0.2, 0) is 15.3 Å². The van der Waals surface area contributed by atoms with Gasteiger partial charge in [-0.2, -0.15) is 11.8 Å². The highest BCUT2D eigenvalue weighted by atomic mass is 32.2. The average molecular weight is 398 g/mol. The summed E-state index contributed by atoms with van der Waals surface area (Å²) in [4.78, 5) is 36.6. The topological polar surface area (TPSA) is 86.7 Å². The lowest BCUT2D eigenvalue weighted by Gasteiger charge is -2.16. The van der Waals surface area contributed by atoms with E-state index in [9.17, 15) is 14.4 Å². The molecule has 0 spiro atoms. The zero-order chi connectivity index (χ0) is 19.9. The Morgan fingerprint density at radius 3 is 2.61 bits per heavy atom. The third-order valence-corrected chi connectivity index (χ3v) is 5.46. The Labute approximate surface area is 167 Å². The Kier molecular flexibility index (Phi) is 6.71. The smallest absolute Gasteiger partial charge is 0.304 e. The maximum absolute atomic E-state index is 12.5. The van der Waals surface area contributed by atoms with Crippen molar-refractivity contribution < 1.29 is 19.5 Å². The number of aliphatic carboxylic acids is 1. The third kappa shape index (κ3) is 5.36. The number of amides is 2. The molecule has 0 saturated carbocycles. The molecule has 1 fully saturated rings. The van der Waals surface area contributed by atoms with Gasteiger partial charge in [0.2, 0.25) is 5.91 Å². The van der Waals surface area contributed by atoms with Gasteiger partial charge in [0.05, 0.1) is 6.42 Å². The molecule has 1 aliphatic heterocycles. The largest absolute Gasteiger partial charge is 0.481 e. The molecule has 0 radical (unpaired) electrons. The van der Waals surface area contributed by atoms with Crippen molar-refractivity contribution in [2.45, 2.75) is 25.0 Å². The van der Waals surface area contributed by atoms with Gasteiger partial charge >= 0.3 is 5.97 Å². The number of carboxylic acid groups (broad SMARTS) is 1. The zero-order valence-corrected chi connectivity index (χ0v) is 16.2. The fourth-order valence-electron chi connectivity index (χ4n) is 3.01. The maximum Gasteiger partial charge on any atom is 0.304 e. The molecule has 7 heteroatoms. The van der Waals surface area contributed by atoms with Gasteiger partial charge in [-0.15, -0.1) is 0 Å². The molecule has 1 aliphatic rings. The predicted molar refractivity (Wildman–Crippen MR) is 111 cm³/mol. The molecule has 2 N–H and O–H groups in total. The van der Waals surface area contributed by atoms with Crippen LogP contribution in [0.4, 0.5) is 11.4 Å². The monoisotopic (exact) mass is 398 g/mol. The average Bonchev–Trinajstić information content (AvgIpc) is 3.11. The summed E-state index contributed by atoms with van der Waals surface area (Å²) in [5.74, 6) is 0.353. The summed E-state index contributed by atoms with van der Waals surface area (Å²) >= 11 is 1.55. The number of hydrogen-bond acceptors (Lipinski definition) is 4. The van der Waals surface area contributed by atoms with Crippen LogP contribution in [0.2, 0.25) is 0 Å². The fraction of sp³-hybridized carbons (Fsp3) is 0.286. The Bertz CT molecular complexity index is 867. The first-order valence-corrected chi connectivity index (χ1v) is 10.3. The molecule has 6 nitrogen and oxygen atoms in total. The summed E-state index contributed by atoms with van der Waals surface area (Å²) in [6.45, 7) is 0.724. The molecule has 1 heterocycles. The number of carboxylic acids is 1. The second-order valence-electron chi connectivity index (χ2n) is 6.55. The van der Waals surface area contributed by atoms with Crippen LogP contribution < -0.4 is 10.2 Å². The molecule has 28 heavy (non-hydrogen) atoms. The lowest BCUT2D eigenvalue weighted by Crippen LogP contribution is -2.23. The van der Waals surface area contributed by atoms with Gasteiger partial charge in [0, 0.05) is 41.4 Å². The van der Waals surface area contributed by atoms with E-state index in [1.54, 1.807) is 40.9 Å². The van der Waals surface area contributed by atoms with Crippen LogP contribution >= 0.6 is 11.8 Å². The minimum atomic E-state index is -0.798. The SMILES string of the molecule is O=C(O)CCSCc1cccc(NC(=O)c2ccc(N3CCCC3=O)cc2)c1. The zero-order valence-electron chi connectivity index (χ0n) is 15.4. The first-order chi connectivity index (χ1) is 13.5. The van der Waals surface area contributed by atoms with E-state index in [4.69, 9.17) is 5.11 Å². The van der Waals surface area contributed by atoms with Gasteiger partial charge in [-0.3, -0.25) is 14.4 Å². The maximum atomic E-state index is 12.5. The summed E-state index contributed by atoms with van der Waals surface area (Å²) < 4.78 is 0. The Hall–Kier alpha value is -2.80. The highest BCUT2D eigenvalue weighted by Gasteiger charge is 2.21. The van der Waals surface area contributed by atoms with Gasteiger partial charge in [-0.1, -0.05) is 12.1 Å². The number of nitrogens with zero attached hydrogens (tertiary/aromatic N) is 1. The van der Waals surface area contributed by atoms with E-state index in [-0.39, 0.29) is 18.2 Å². The van der Waals surface area contributed by atoms with E-state index < -0.39 is 5.97 Å². The van der Waals surface area contributed by atoms with E-state index >= 15 is 0 Å². The molecular weight excluding hydrogens is 376 g/mol. The molecule has 2 aromatic rings. The summed E-state index contributed by atoms with van der Waals surface area (Å²) in [5, 5.41) is 11.6. The van der Waals surface area contributed by atoms with E-state index in [1.165, 1.54) is 0 Å². The summed E-state index contributed by atoms with van der Waals surface area (Å²) in [6, 6.07) is 14.6. The molecule has 146 valence electrons. The van der Waals surface area contributed by atoms with Crippen LogP contribution in [-0.4, -0.2) is 35.2 Å². The normalized spacial score (nSPS) is 13.6. The standard InChI is InChI=1S/C21H22N2O4S/c24-19-5-2-11-23(19)18-8-6-16(7-9-18)21(27)22-17-4-1-3-15(13-17)14-28-12-10-20(25)26/h1,3-4,6-9,13H,2,5,10-12,14H2,(H,22,27)(H,25,26). The molecule has 3 rings (SSSR count). The lowest BCUT2D eigenvalue weighted by atomic mass is 10.1. The molecule has 0 unspecified atom stereocenters. The molecule has 2 amide bonds. The van der Waals surface area contributed by atoms with E-state index in [0.717, 1.165) is 24.2 Å². The molecule has 0 aromatic heterocycles. The Morgan fingerprint density at radius 1 is 1.14 bits per heavy atom. The van der Waals surface area contributed by atoms with Crippen LogP contribution in [0.15, 0.2) is 48.5 Å². The van der Waals surface area contributed by atoms with Crippen molar-refractivity contribution in [1.82, 2.24) is 0 Å². The number of carbonyl (C=O) groups excluding carboxylic acids is 2. The minimum Gasteiger partial charge on any atom is -0.481 e. The number of anilines is 2. The lowest BCUT2D eigenvalue weighted by molar-refractivity contribution is -0.136. The molecule has 0 bridgehead atoms. The van der Waals surface area contributed by atoms with Gasteiger partial charge < -0.3 is 15.3 Å². The first-order valence-electron chi connectivity index (χ1n) is 9.13. The number of rotatable bonds is 8. The molecular formula is C21H22N2O4S. The van der Waals surface area contributed by atoms with Gasteiger partial charge in [-0.05, 0) is 48.4 Å². The van der Waals surface area contributed by atoms with Gasteiger partial charge in [0.25, 0.3) is 5.91 Å². The van der Waals surface area contributed by atoms with Crippen molar-refractivity contribution in [1.29, 1.82) is 0 Å². The number of benzene rings is 2. The minimum absolute atomic E-state index is 0.121. The number of carbonyl (C=O) groups is 3. The van der Waals surface area contributed by atoms with Gasteiger partial charge in [0.15, 0.2) is 0 Å². The number of hydrogen-bond donors (Lipinski definition) is 2. The van der Waals surface area contributed by atoms with Crippen LogP contribution in [0.1, 0.15) is 35.2 Å². The quantitative estimate of drug-likeness (QED) is 0.661. The fourth-order valence-corrected chi connectivity index (χ4v) is 3.88. The highest BCUT2D eigenvalue weighted by molar-refractivity contribution is 7.98. The van der Waals surface area contributed by atoms with Crippen LogP contribution in [0.3, 0.4) is 0 Å². The predicted octanol–water partition coefficient (Wildman–Crippen LogP) is 3.77. The Morgan fingerprint density at radius 2 is 1.93 bits per heavy atom. The Balaban J connectivity index is 1.57. The molecule has 1 saturated heterocycles. The van der Waals surface area contributed by atoms with Crippen LogP contribution in [0.5, 0.6) is 0 Å². The summed E-state index contributed by atoms with van der Waals surface area (Å²) in [7, 11) is 0. The van der Waals surface area contributed by atoms with Crippen molar-refractivity contribution in [2.75, 3.05) is 22.5 Å².